The SMILES string of the molecule is Cc1nc2cc(NC(=O)NCCCn3ccc4ccccc43)ccc2o1. The van der Waals surface area contributed by atoms with E-state index in [0.29, 0.717) is 23.7 Å². The molecule has 6 heteroatoms. The van der Waals surface area contributed by atoms with Crippen LogP contribution in [-0.4, -0.2) is 22.1 Å². The third-order valence-corrected chi connectivity index (χ3v) is 4.29. The summed E-state index contributed by atoms with van der Waals surface area (Å²) in [6, 6.07) is 15.6. The summed E-state index contributed by atoms with van der Waals surface area (Å²) in [7, 11) is 0. The van der Waals surface area contributed by atoms with Gasteiger partial charge in [0, 0.05) is 37.4 Å². The first-order valence-corrected chi connectivity index (χ1v) is 8.65. The molecule has 0 unspecified atom stereocenters. The minimum absolute atomic E-state index is 0.220. The number of oxazole rings is 1. The Morgan fingerprint density at radius 3 is 3.00 bits per heavy atom. The van der Waals surface area contributed by atoms with Crippen molar-refractivity contribution in [1.82, 2.24) is 14.9 Å². The molecule has 132 valence electrons. The molecule has 2 N–H and O–H groups in total. The summed E-state index contributed by atoms with van der Waals surface area (Å²) in [5.74, 6) is 0.610. The molecule has 0 aliphatic carbocycles. The first kappa shape index (κ1) is 16.2. The number of para-hydroxylation sites is 1. The molecular formula is C20H20N4O2. The number of carbonyl (C=O) groups excluding carboxylic acids is 1. The monoisotopic (exact) mass is 348 g/mol. The largest absolute Gasteiger partial charge is 0.441 e. The Hall–Kier alpha value is -3.28. The molecule has 0 spiro atoms. The first-order chi connectivity index (χ1) is 12.7. The van der Waals surface area contributed by atoms with E-state index >= 15 is 0 Å². The van der Waals surface area contributed by atoms with Crippen molar-refractivity contribution < 1.29 is 9.21 Å². The highest BCUT2D eigenvalue weighted by Crippen LogP contribution is 2.19. The summed E-state index contributed by atoms with van der Waals surface area (Å²) in [6.45, 7) is 3.26. The van der Waals surface area contributed by atoms with Gasteiger partial charge in [-0.3, -0.25) is 0 Å². The van der Waals surface area contributed by atoms with Crippen LogP contribution in [0.15, 0.2) is 59.1 Å². The molecule has 2 aromatic carbocycles. The zero-order valence-corrected chi connectivity index (χ0v) is 14.5. The topological polar surface area (TPSA) is 72.1 Å². The molecule has 0 aliphatic rings. The van der Waals surface area contributed by atoms with Crippen LogP contribution in [0.5, 0.6) is 0 Å². The Morgan fingerprint density at radius 2 is 2.08 bits per heavy atom. The van der Waals surface area contributed by atoms with E-state index in [0.717, 1.165) is 18.5 Å². The summed E-state index contributed by atoms with van der Waals surface area (Å²) in [5, 5.41) is 6.95. The zero-order valence-electron chi connectivity index (χ0n) is 14.5. The van der Waals surface area contributed by atoms with Crippen LogP contribution in [0.25, 0.3) is 22.0 Å². The number of carbonyl (C=O) groups is 1. The van der Waals surface area contributed by atoms with Gasteiger partial charge in [-0.15, -0.1) is 0 Å². The molecule has 6 nitrogen and oxygen atoms in total. The Morgan fingerprint density at radius 1 is 1.19 bits per heavy atom. The van der Waals surface area contributed by atoms with Gasteiger partial charge in [-0.05, 0) is 42.1 Å². The number of aryl methyl sites for hydroxylation is 2. The molecule has 0 fully saturated rings. The van der Waals surface area contributed by atoms with Crippen molar-refractivity contribution in [2.45, 2.75) is 19.9 Å². The smallest absolute Gasteiger partial charge is 0.319 e. The van der Waals surface area contributed by atoms with Gasteiger partial charge in [0.2, 0.25) is 0 Å². The molecule has 0 atom stereocenters. The van der Waals surface area contributed by atoms with Crippen molar-refractivity contribution in [3.63, 3.8) is 0 Å². The zero-order chi connectivity index (χ0) is 17.9. The van der Waals surface area contributed by atoms with E-state index in [1.807, 2.05) is 18.2 Å². The summed E-state index contributed by atoms with van der Waals surface area (Å²) < 4.78 is 7.64. The molecule has 4 aromatic rings. The molecule has 2 amide bonds. The number of nitrogens with zero attached hydrogens (tertiary/aromatic N) is 2. The number of urea groups is 1. The maximum Gasteiger partial charge on any atom is 0.319 e. The lowest BCUT2D eigenvalue weighted by Crippen LogP contribution is -2.30. The summed E-state index contributed by atoms with van der Waals surface area (Å²) in [5.41, 5.74) is 3.36. The molecular weight excluding hydrogens is 328 g/mol. The average molecular weight is 348 g/mol. The fourth-order valence-electron chi connectivity index (χ4n) is 3.08. The number of amides is 2. The van der Waals surface area contributed by atoms with Gasteiger partial charge < -0.3 is 19.6 Å². The van der Waals surface area contributed by atoms with Gasteiger partial charge in [-0.25, -0.2) is 9.78 Å². The van der Waals surface area contributed by atoms with Gasteiger partial charge in [-0.1, -0.05) is 18.2 Å². The lowest BCUT2D eigenvalue weighted by Gasteiger charge is -2.09. The number of nitrogens with one attached hydrogen (secondary N) is 2. The normalized spacial score (nSPS) is 11.1. The van der Waals surface area contributed by atoms with Crippen LogP contribution in [0.2, 0.25) is 0 Å². The van der Waals surface area contributed by atoms with Crippen LogP contribution in [0.4, 0.5) is 10.5 Å². The molecule has 0 saturated carbocycles. The second kappa shape index (κ2) is 6.92. The number of hydrogen-bond acceptors (Lipinski definition) is 3. The predicted octanol–water partition coefficient (Wildman–Crippen LogP) is 4.30. The van der Waals surface area contributed by atoms with Gasteiger partial charge in [0.1, 0.15) is 5.52 Å². The Balaban J connectivity index is 1.28. The number of hydrogen-bond donors (Lipinski definition) is 2. The second-order valence-corrected chi connectivity index (χ2v) is 6.22. The van der Waals surface area contributed by atoms with Gasteiger partial charge in [0.05, 0.1) is 0 Å². The Labute approximate surface area is 150 Å². The maximum atomic E-state index is 12.1. The van der Waals surface area contributed by atoms with E-state index in [9.17, 15) is 4.79 Å². The van der Waals surface area contributed by atoms with E-state index in [-0.39, 0.29) is 6.03 Å². The number of fused-ring (bicyclic) bond motifs is 2. The van der Waals surface area contributed by atoms with E-state index in [4.69, 9.17) is 4.42 Å². The quantitative estimate of drug-likeness (QED) is 0.528. The van der Waals surface area contributed by atoms with Crippen LogP contribution < -0.4 is 10.6 Å². The van der Waals surface area contributed by atoms with Crippen LogP contribution in [-0.2, 0) is 6.54 Å². The fraction of sp³-hybridized carbons (Fsp3) is 0.200. The van der Waals surface area contributed by atoms with Gasteiger partial charge in [-0.2, -0.15) is 0 Å². The van der Waals surface area contributed by atoms with Crippen molar-refractivity contribution in [3.8, 4) is 0 Å². The van der Waals surface area contributed by atoms with Crippen molar-refractivity contribution in [1.29, 1.82) is 0 Å². The minimum atomic E-state index is -0.220. The lowest BCUT2D eigenvalue weighted by atomic mass is 10.2. The third-order valence-electron chi connectivity index (χ3n) is 4.29. The number of benzene rings is 2. The fourth-order valence-corrected chi connectivity index (χ4v) is 3.08. The molecule has 2 heterocycles. The van der Waals surface area contributed by atoms with E-state index in [2.05, 4.69) is 44.6 Å². The molecule has 26 heavy (non-hydrogen) atoms. The van der Waals surface area contributed by atoms with Crippen LogP contribution in [0.1, 0.15) is 12.3 Å². The Kier molecular flexibility index (Phi) is 4.31. The predicted molar refractivity (Wildman–Crippen MR) is 102 cm³/mol. The molecule has 2 aromatic heterocycles. The van der Waals surface area contributed by atoms with E-state index in [1.165, 1.54) is 10.9 Å². The van der Waals surface area contributed by atoms with Crippen molar-refractivity contribution in [2.75, 3.05) is 11.9 Å². The highest BCUT2D eigenvalue weighted by Gasteiger charge is 2.06. The summed E-state index contributed by atoms with van der Waals surface area (Å²) in [6.07, 6.45) is 2.94. The van der Waals surface area contributed by atoms with Crippen molar-refractivity contribution >= 4 is 33.7 Å². The molecule has 4 rings (SSSR count). The van der Waals surface area contributed by atoms with Gasteiger partial charge in [0.15, 0.2) is 11.5 Å². The van der Waals surface area contributed by atoms with Gasteiger partial charge in [0.25, 0.3) is 0 Å². The second-order valence-electron chi connectivity index (χ2n) is 6.22. The third kappa shape index (κ3) is 3.39. The van der Waals surface area contributed by atoms with E-state index in [1.54, 1.807) is 19.1 Å². The van der Waals surface area contributed by atoms with E-state index < -0.39 is 0 Å². The lowest BCUT2D eigenvalue weighted by molar-refractivity contribution is 0.252. The molecule has 0 aliphatic heterocycles. The van der Waals surface area contributed by atoms with Gasteiger partial charge >= 0.3 is 6.03 Å². The Bertz CT molecular complexity index is 1060. The highest BCUT2D eigenvalue weighted by atomic mass is 16.3. The number of aromatic nitrogens is 2. The molecule has 0 radical (unpaired) electrons. The number of rotatable bonds is 5. The van der Waals surface area contributed by atoms with Crippen LogP contribution in [0, 0.1) is 6.92 Å². The van der Waals surface area contributed by atoms with Crippen LogP contribution in [0.3, 0.4) is 0 Å². The average Bonchev–Trinajstić information content (AvgIpc) is 3.21. The van der Waals surface area contributed by atoms with Crippen molar-refractivity contribution in [3.05, 3.63) is 60.6 Å². The standard InChI is InChI=1S/C20H20N4O2/c1-14-22-17-13-16(7-8-19(17)26-14)23-20(25)21-10-4-11-24-12-9-15-5-2-3-6-18(15)24/h2-3,5-9,12-13H,4,10-11H2,1H3,(H2,21,23,25). The number of anilines is 1. The van der Waals surface area contributed by atoms with Crippen LogP contribution >= 0.6 is 0 Å². The summed E-state index contributed by atoms with van der Waals surface area (Å²) in [4.78, 5) is 16.3. The summed E-state index contributed by atoms with van der Waals surface area (Å²) >= 11 is 0. The first-order valence-electron chi connectivity index (χ1n) is 8.65. The molecule has 0 saturated heterocycles. The van der Waals surface area contributed by atoms with Crippen molar-refractivity contribution in [2.24, 2.45) is 0 Å². The maximum absolute atomic E-state index is 12.1. The highest BCUT2D eigenvalue weighted by molar-refractivity contribution is 5.91. The molecule has 0 bridgehead atoms. The minimum Gasteiger partial charge on any atom is -0.441 e.